The number of rotatable bonds is 5. The number of halogens is 1. The maximum Gasteiger partial charge on any atom is 0.271 e. The van der Waals surface area contributed by atoms with Gasteiger partial charge in [-0.25, -0.2) is 9.07 Å². The summed E-state index contributed by atoms with van der Waals surface area (Å²) in [6.07, 6.45) is 1.95. The van der Waals surface area contributed by atoms with Crippen molar-refractivity contribution in [2.24, 2.45) is 0 Å². The lowest BCUT2D eigenvalue weighted by atomic mass is 10.0. The molecule has 2 aromatic rings. The molecule has 28 heavy (non-hydrogen) atoms. The molecule has 1 aliphatic heterocycles. The van der Waals surface area contributed by atoms with Crippen LogP contribution >= 0.6 is 0 Å². The van der Waals surface area contributed by atoms with Crippen LogP contribution in [0.25, 0.3) is 11.3 Å². The van der Waals surface area contributed by atoms with Gasteiger partial charge in [0.1, 0.15) is 0 Å². The zero-order valence-corrected chi connectivity index (χ0v) is 16.7. The van der Waals surface area contributed by atoms with Crippen molar-refractivity contribution in [2.45, 2.75) is 32.4 Å². The summed E-state index contributed by atoms with van der Waals surface area (Å²) >= 11 is 0. The van der Waals surface area contributed by atoms with E-state index in [4.69, 9.17) is 4.74 Å². The summed E-state index contributed by atoms with van der Waals surface area (Å²) in [5.74, 6) is -0.222. The van der Waals surface area contributed by atoms with Gasteiger partial charge < -0.3 is 9.64 Å². The lowest BCUT2D eigenvalue weighted by Crippen LogP contribution is -2.45. The Hall–Kier alpha value is -2.25. The van der Waals surface area contributed by atoms with E-state index in [1.165, 1.54) is 13.2 Å². The first kappa shape index (κ1) is 19.1. The van der Waals surface area contributed by atoms with Crippen LogP contribution in [0.15, 0.2) is 23.0 Å². The SMILES string of the molecule is COc1ccc(-c2nn(C3CC3)c(=O)c(CN3CCN(C)CC3)c2C)cc1F. The number of nitrogens with zero attached hydrogens (tertiary/aromatic N) is 4. The molecule has 0 bridgehead atoms. The third kappa shape index (κ3) is 3.69. The highest BCUT2D eigenvalue weighted by Crippen LogP contribution is 2.34. The zero-order valence-electron chi connectivity index (χ0n) is 16.7. The van der Waals surface area contributed by atoms with Crippen LogP contribution in [-0.2, 0) is 6.54 Å². The third-order valence-electron chi connectivity index (χ3n) is 5.78. The second kappa shape index (κ2) is 7.64. The molecule has 6 nitrogen and oxygen atoms in total. The summed E-state index contributed by atoms with van der Waals surface area (Å²) in [7, 11) is 3.56. The van der Waals surface area contributed by atoms with Gasteiger partial charge in [-0.1, -0.05) is 0 Å². The van der Waals surface area contributed by atoms with Crippen LogP contribution in [-0.4, -0.2) is 59.9 Å². The normalized spacial score (nSPS) is 18.4. The minimum absolute atomic E-state index is 0.00309. The number of methoxy groups -OCH3 is 1. The van der Waals surface area contributed by atoms with Crippen molar-refractivity contribution in [2.75, 3.05) is 40.3 Å². The highest BCUT2D eigenvalue weighted by Gasteiger charge is 2.29. The summed E-state index contributed by atoms with van der Waals surface area (Å²) < 4.78 is 20.9. The molecule has 7 heteroatoms. The number of hydrogen-bond acceptors (Lipinski definition) is 5. The molecule has 0 N–H and O–H groups in total. The number of likely N-dealkylation sites (N-methyl/N-ethyl adjacent to an activating group) is 1. The maximum atomic E-state index is 14.3. The van der Waals surface area contributed by atoms with Crippen LogP contribution in [0.2, 0.25) is 0 Å². The van der Waals surface area contributed by atoms with E-state index in [1.54, 1.807) is 16.8 Å². The number of aromatic nitrogens is 2. The molecule has 1 aromatic carbocycles. The molecule has 0 unspecified atom stereocenters. The van der Waals surface area contributed by atoms with Crippen molar-refractivity contribution in [3.63, 3.8) is 0 Å². The Morgan fingerprint density at radius 2 is 1.93 bits per heavy atom. The Balaban J connectivity index is 1.75. The van der Waals surface area contributed by atoms with Gasteiger partial charge in [-0.2, -0.15) is 5.10 Å². The molecule has 2 heterocycles. The van der Waals surface area contributed by atoms with Gasteiger partial charge in [0.05, 0.1) is 18.8 Å². The predicted molar refractivity (Wildman–Crippen MR) is 106 cm³/mol. The van der Waals surface area contributed by atoms with Gasteiger partial charge in [-0.15, -0.1) is 0 Å². The Labute approximate surface area is 164 Å². The van der Waals surface area contributed by atoms with E-state index >= 15 is 0 Å². The van der Waals surface area contributed by atoms with E-state index in [2.05, 4.69) is 21.9 Å². The molecule has 0 radical (unpaired) electrons. The maximum absolute atomic E-state index is 14.3. The van der Waals surface area contributed by atoms with E-state index in [9.17, 15) is 9.18 Å². The van der Waals surface area contributed by atoms with Crippen LogP contribution in [0, 0.1) is 12.7 Å². The molecule has 150 valence electrons. The monoisotopic (exact) mass is 386 g/mol. The van der Waals surface area contributed by atoms with Crippen molar-refractivity contribution in [1.29, 1.82) is 0 Å². The van der Waals surface area contributed by atoms with Crippen LogP contribution < -0.4 is 10.3 Å². The average molecular weight is 386 g/mol. The smallest absolute Gasteiger partial charge is 0.271 e. The topological polar surface area (TPSA) is 50.6 Å². The minimum Gasteiger partial charge on any atom is -0.494 e. The number of piperazine rings is 1. The molecule has 4 rings (SSSR count). The highest BCUT2D eigenvalue weighted by atomic mass is 19.1. The first-order valence-electron chi connectivity index (χ1n) is 9.85. The first-order valence-corrected chi connectivity index (χ1v) is 9.85. The van der Waals surface area contributed by atoms with Gasteiger partial charge in [-0.3, -0.25) is 9.69 Å². The molecule has 1 aromatic heterocycles. The van der Waals surface area contributed by atoms with Crippen LogP contribution in [0.1, 0.15) is 30.0 Å². The van der Waals surface area contributed by atoms with Crippen LogP contribution in [0.3, 0.4) is 0 Å². The average Bonchev–Trinajstić information content (AvgIpc) is 3.52. The van der Waals surface area contributed by atoms with Crippen molar-refractivity contribution in [1.82, 2.24) is 19.6 Å². The third-order valence-corrected chi connectivity index (χ3v) is 5.78. The summed E-state index contributed by atoms with van der Waals surface area (Å²) in [5, 5.41) is 4.64. The quantitative estimate of drug-likeness (QED) is 0.790. The van der Waals surface area contributed by atoms with Crippen molar-refractivity contribution in [3.8, 4) is 17.0 Å². The summed E-state index contributed by atoms with van der Waals surface area (Å²) in [6, 6.07) is 5.02. The predicted octanol–water partition coefficient (Wildman–Crippen LogP) is 2.45. The number of ether oxygens (including phenoxy) is 1. The van der Waals surface area contributed by atoms with Gasteiger partial charge in [0.2, 0.25) is 0 Å². The highest BCUT2D eigenvalue weighted by molar-refractivity contribution is 5.64. The number of hydrogen-bond donors (Lipinski definition) is 0. The van der Waals surface area contributed by atoms with Crippen molar-refractivity contribution < 1.29 is 9.13 Å². The molecule has 1 aliphatic carbocycles. The van der Waals surface area contributed by atoms with Crippen molar-refractivity contribution >= 4 is 0 Å². The molecule has 2 aliphatic rings. The van der Waals surface area contributed by atoms with Crippen LogP contribution in [0.5, 0.6) is 5.75 Å². The minimum atomic E-state index is -0.425. The lowest BCUT2D eigenvalue weighted by molar-refractivity contribution is 0.147. The van der Waals surface area contributed by atoms with Gasteiger partial charge in [0.25, 0.3) is 5.56 Å². The molecular weight excluding hydrogens is 359 g/mol. The fraction of sp³-hybridized carbons (Fsp3) is 0.524. The number of benzene rings is 1. The zero-order chi connectivity index (χ0) is 19.8. The van der Waals surface area contributed by atoms with E-state index in [0.29, 0.717) is 17.8 Å². The molecular formula is C21H27FN4O2. The molecule has 0 amide bonds. The second-order valence-corrected chi connectivity index (χ2v) is 7.86. The Kier molecular flexibility index (Phi) is 5.21. The van der Waals surface area contributed by atoms with Gasteiger partial charge in [0, 0.05) is 43.9 Å². The molecule has 0 spiro atoms. The fourth-order valence-electron chi connectivity index (χ4n) is 3.74. The fourth-order valence-corrected chi connectivity index (χ4v) is 3.74. The molecule has 0 atom stereocenters. The van der Waals surface area contributed by atoms with E-state index in [-0.39, 0.29) is 17.4 Å². The largest absolute Gasteiger partial charge is 0.494 e. The Morgan fingerprint density at radius 1 is 1.21 bits per heavy atom. The van der Waals surface area contributed by atoms with E-state index in [0.717, 1.165) is 50.1 Å². The van der Waals surface area contributed by atoms with Gasteiger partial charge >= 0.3 is 0 Å². The molecule has 1 saturated carbocycles. The summed E-state index contributed by atoms with van der Waals surface area (Å²) in [5.41, 5.74) is 2.96. The summed E-state index contributed by atoms with van der Waals surface area (Å²) in [4.78, 5) is 17.7. The lowest BCUT2D eigenvalue weighted by Gasteiger charge is -2.32. The van der Waals surface area contributed by atoms with Crippen molar-refractivity contribution in [3.05, 3.63) is 45.5 Å². The van der Waals surface area contributed by atoms with E-state index in [1.807, 2.05) is 6.92 Å². The van der Waals surface area contributed by atoms with E-state index < -0.39 is 5.82 Å². The standard InChI is InChI=1S/C21H27FN4O2/c1-14-17(13-25-10-8-24(2)9-11-25)21(27)26(16-5-6-16)23-20(14)15-4-7-19(28-3)18(22)12-15/h4,7,12,16H,5-6,8-11,13H2,1-3H3. The van der Waals surface area contributed by atoms with Gasteiger partial charge in [0.15, 0.2) is 11.6 Å². The Bertz CT molecular complexity index is 931. The Morgan fingerprint density at radius 3 is 2.54 bits per heavy atom. The first-order chi connectivity index (χ1) is 13.5. The van der Waals surface area contributed by atoms with Crippen LogP contribution in [0.4, 0.5) is 4.39 Å². The molecule has 1 saturated heterocycles. The van der Waals surface area contributed by atoms with Gasteiger partial charge in [-0.05, 0) is 50.6 Å². The summed E-state index contributed by atoms with van der Waals surface area (Å²) in [6.45, 7) is 6.41. The second-order valence-electron chi connectivity index (χ2n) is 7.86. The molecule has 2 fully saturated rings.